The molecule has 0 radical (unpaired) electrons. The Morgan fingerprint density at radius 2 is 1.93 bits per heavy atom. The summed E-state index contributed by atoms with van der Waals surface area (Å²) in [6.45, 7) is 2.18. The lowest BCUT2D eigenvalue weighted by atomic mass is 10.0. The van der Waals surface area contributed by atoms with Crippen LogP contribution in [0, 0.1) is 11.8 Å². The van der Waals surface area contributed by atoms with Gasteiger partial charge in [-0.25, -0.2) is 8.42 Å². The van der Waals surface area contributed by atoms with Crippen molar-refractivity contribution in [3.63, 3.8) is 0 Å². The van der Waals surface area contributed by atoms with Gasteiger partial charge in [0.25, 0.3) is 0 Å². The second kappa shape index (κ2) is 6.71. The Morgan fingerprint density at radius 1 is 1.07 bits per heavy atom. The van der Waals surface area contributed by atoms with E-state index in [1.54, 1.807) is 10.4 Å². The lowest BCUT2D eigenvalue weighted by molar-refractivity contribution is 0.448. The van der Waals surface area contributed by atoms with Crippen LogP contribution in [0.2, 0.25) is 0 Å². The van der Waals surface area contributed by atoms with Crippen LogP contribution in [0.15, 0.2) is 29.4 Å². The van der Waals surface area contributed by atoms with Crippen LogP contribution in [0.4, 0.5) is 0 Å². The van der Waals surface area contributed by atoms with Gasteiger partial charge in [0.05, 0.1) is 4.90 Å². The molecule has 144 valence electrons. The Balaban J connectivity index is 1.28. The molecule has 1 unspecified atom stereocenters. The maximum atomic E-state index is 13.1. The van der Waals surface area contributed by atoms with Gasteiger partial charge in [-0.3, -0.25) is 0 Å². The minimum Gasteiger partial charge on any atom is -0.317 e. The first-order valence-electron chi connectivity index (χ1n) is 10.1. The third-order valence-corrected chi connectivity index (χ3v) is 8.14. The number of hydrogen-bond acceptors (Lipinski definition) is 4. The summed E-state index contributed by atoms with van der Waals surface area (Å²) < 4.78 is 30.0. The number of benzene rings is 1. The molecule has 0 amide bonds. The topological polar surface area (TPSA) is 68.1 Å². The van der Waals surface area contributed by atoms with Crippen molar-refractivity contribution in [1.82, 2.24) is 19.1 Å². The monoisotopic (exact) mass is 386 g/mol. The van der Waals surface area contributed by atoms with Crippen molar-refractivity contribution in [2.24, 2.45) is 11.8 Å². The fraction of sp³-hybridized carbons (Fsp3) is 0.600. The fourth-order valence-corrected chi connectivity index (χ4v) is 6.05. The molecule has 6 nitrogen and oxygen atoms in total. The largest absolute Gasteiger partial charge is 0.317 e. The average Bonchev–Trinajstić information content (AvgIpc) is 3.05. The lowest BCUT2D eigenvalue weighted by Crippen LogP contribution is -2.29. The van der Waals surface area contributed by atoms with E-state index in [1.807, 2.05) is 18.5 Å². The Labute approximate surface area is 160 Å². The molecule has 1 saturated carbocycles. The first kappa shape index (κ1) is 17.4. The highest BCUT2D eigenvalue weighted by molar-refractivity contribution is 7.89. The van der Waals surface area contributed by atoms with E-state index in [0.717, 1.165) is 50.4 Å². The van der Waals surface area contributed by atoms with Crippen molar-refractivity contribution >= 4 is 10.0 Å². The molecule has 2 aliphatic carbocycles. The second-order valence-corrected chi connectivity index (χ2v) is 10.3. The van der Waals surface area contributed by atoms with Crippen LogP contribution in [0.3, 0.4) is 0 Å². The van der Waals surface area contributed by atoms with Crippen molar-refractivity contribution in [2.75, 3.05) is 13.1 Å². The van der Waals surface area contributed by atoms with Crippen LogP contribution in [0.5, 0.6) is 0 Å². The molecule has 1 aromatic heterocycles. The van der Waals surface area contributed by atoms with E-state index < -0.39 is 10.0 Å². The van der Waals surface area contributed by atoms with E-state index >= 15 is 0 Å². The summed E-state index contributed by atoms with van der Waals surface area (Å²) in [5.74, 6) is 2.10. The minimum absolute atomic E-state index is 0.316. The van der Waals surface area contributed by atoms with Gasteiger partial charge in [0.1, 0.15) is 12.2 Å². The molecule has 0 spiro atoms. The first-order chi connectivity index (χ1) is 13.1. The number of sulfonamides is 1. The quantitative estimate of drug-likeness (QED) is 0.765. The van der Waals surface area contributed by atoms with Crippen LogP contribution < -0.4 is 0 Å². The fourth-order valence-electron chi connectivity index (χ4n) is 4.47. The number of fused-ring (bicyclic) bond motifs is 1. The van der Waals surface area contributed by atoms with Gasteiger partial charge in [-0.15, -0.1) is 10.2 Å². The van der Waals surface area contributed by atoms with Gasteiger partial charge in [-0.2, -0.15) is 4.31 Å². The SMILES string of the molecule is O=S(=O)(c1ccc2c(c1)CCC2)N1CCC(Cc2nncn2CC2CC2)C1. The van der Waals surface area contributed by atoms with Crippen LogP contribution in [0.25, 0.3) is 0 Å². The molecule has 0 N–H and O–H groups in total. The molecule has 5 rings (SSSR count). The van der Waals surface area contributed by atoms with Gasteiger partial charge in [0.2, 0.25) is 10.0 Å². The highest BCUT2D eigenvalue weighted by Crippen LogP contribution is 2.32. The Kier molecular flexibility index (Phi) is 4.31. The summed E-state index contributed by atoms with van der Waals surface area (Å²) in [6, 6.07) is 5.69. The van der Waals surface area contributed by atoms with Gasteiger partial charge < -0.3 is 4.57 Å². The first-order valence-corrected chi connectivity index (χ1v) is 11.5. The minimum atomic E-state index is -3.40. The smallest absolute Gasteiger partial charge is 0.243 e. The molecule has 27 heavy (non-hydrogen) atoms. The number of aromatic nitrogens is 3. The lowest BCUT2D eigenvalue weighted by Gasteiger charge is -2.17. The highest BCUT2D eigenvalue weighted by atomic mass is 32.2. The maximum Gasteiger partial charge on any atom is 0.243 e. The van der Waals surface area contributed by atoms with Crippen molar-refractivity contribution in [2.45, 2.75) is 56.4 Å². The van der Waals surface area contributed by atoms with Crippen LogP contribution >= 0.6 is 0 Å². The average molecular weight is 387 g/mol. The zero-order valence-corrected chi connectivity index (χ0v) is 16.4. The summed E-state index contributed by atoms with van der Waals surface area (Å²) in [4.78, 5) is 0.459. The molecule has 1 aromatic carbocycles. The number of rotatable bonds is 6. The van der Waals surface area contributed by atoms with Gasteiger partial charge in [-0.05, 0) is 73.6 Å². The van der Waals surface area contributed by atoms with Crippen molar-refractivity contribution in [3.8, 4) is 0 Å². The highest BCUT2D eigenvalue weighted by Gasteiger charge is 2.34. The summed E-state index contributed by atoms with van der Waals surface area (Å²) in [7, 11) is -3.40. The summed E-state index contributed by atoms with van der Waals surface area (Å²) in [5, 5.41) is 8.36. The van der Waals surface area contributed by atoms with E-state index in [0.29, 0.717) is 23.9 Å². The summed E-state index contributed by atoms with van der Waals surface area (Å²) >= 11 is 0. The molecule has 3 aliphatic rings. The third kappa shape index (κ3) is 3.43. The number of hydrogen-bond donors (Lipinski definition) is 0. The zero-order chi connectivity index (χ0) is 18.4. The molecule has 1 aliphatic heterocycles. The Hall–Kier alpha value is -1.73. The van der Waals surface area contributed by atoms with Crippen molar-refractivity contribution in [1.29, 1.82) is 0 Å². The number of nitrogens with zero attached hydrogens (tertiary/aromatic N) is 4. The van der Waals surface area contributed by atoms with E-state index in [9.17, 15) is 8.42 Å². The summed E-state index contributed by atoms with van der Waals surface area (Å²) in [5.41, 5.74) is 2.52. The van der Waals surface area contributed by atoms with E-state index in [4.69, 9.17) is 0 Å². The van der Waals surface area contributed by atoms with Gasteiger partial charge in [0.15, 0.2) is 0 Å². The molecule has 0 bridgehead atoms. The molecule has 2 fully saturated rings. The molecule has 7 heteroatoms. The third-order valence-electron chi connectivity index (χ3n) is 6.28. The number of aryl methyl sites for hydroxylation is 2. The van der Waals surface area contributed by atoms with Crippen molar-refractivity contribution < 1.29 is 8.42 Å². The second-order valence-electron chi connectivity index (χ2n) is 8.35. The molecule has 1 atom stereocenters. The van der Waals surface area contributed by atoms with Crippen LogP contribution in [-0.2, 0) is 35.8 Å². The molecule has 2 heterocycles. The predicted octanol–water partition coefficient (Wildman–Crippen LogP) is 2.43. The Morgan fingerprint density at radius 3 is 2.78 bits per heavy atom. The Bertz CT molecular complexity index is 949. The maximum absolute atomic E-state index is 13.1. The van der Waals surface area contributed by atoms with E-state index in [1.165, 1.54) is 24.0 Å². The molecular formula is C20H26N4O2S. The van der Waals surface area contributed by atoms with Crippen LogP contribution in [0.1, 0.15) is 42.6 Å². The van der Waals surface area contributed by atoms with Crippen LogP contribution in [-0.4, -0.2) is 40.6 Å². The van der Waals surface area contributed by atoms with Gasteiger partial charge in [-0.1, -0.05) is 6.07 Å². The molecule has 1 saturated heterocycles. The van der Waals surface area contributed by atoms with Gasteiger partial charge >= 0.3 is 0 Å². The van der Waals surface area contributed by atoms with E-state index in [2.05, 4.69) is 14.8 Å². The zero-order valence-electron chi connectivity index (χ0n) is 15.5. The van der Waals surface area contributed by atoms with Gasteiger partial charge in [0, 0.05) is 26.1 Å². The predicted molar refractivity (Wildman–Crippen MR) is 102 cm³/mol. The van der Waals surface area contributed by atoms with Crippen molar-refractivity contribution in [3.05, 3.63) is 41.5 Å². The van der Waals surface area contributed by atoms with E-state index in [-0.39, 0.29) is 0 Å². The standard InChI is InChI=1S/C20H26N4O2S/c25-27(26,19-7-6-17-2-1-3-18(17)11-19)24-9-8-16(13-24)10-20-22-21-14-23(20)12-15-4-5-15/h6-7,11,14-16H,1-5,8-10,12-13H2. The normalized spacial score (nSPS) is 23.0. The molecular weight excluding hydrogens is 360 g/mol. The summed E-state index contributed by atoms with van der Waals surface area (Å²) in [6.07, 6.45) is 9.32. The molecule has 2 aromatic rings.